The lowest BCUT2D eigenvalue weighted by molar-refractivity contribution is 0.214. The van der Waals surface area contributed by atoms with E-state index in [0.717, 1.165) is 5.76 Å². The van der Waals surface area contributed by atoms with Gasteiger partial charge in [0.15, 0.2) is 0 Å². The Hall–Kier alpha value is -1.33. The molecule has 1 aromatic heterocycles. The molecule has 0 aliphatic rings. The SMILES string of the molecule is CC(CNCc1ccco1)Oc1ccc(F)cc1Br. The van der Waals surface area contributed by atoms with Crippen molar-refractivity contribution < 1.29 is 13.5 Å². The topological polar surface area (TPSA) is 34.4 Å². The highest BCUT2D eigenvalue weighted by Crippen LogP contribution is 2.26. The molecule has 1 unspecified atom stereocenters. The monoisotopic (exact) mass is 327 g/mol. The summed E-state index contributed by atoms with van der Waals surface area (Å²) in [7, 11) is 0. The summed E-state index contributed by atoms with van der Waals surface area (Å²) in [6.45, 7) is 3.28. The van der Waals surface area contributed by atoms with Gasteiger partial charge in [-0.05, 0) is 53.2 Å². The van der Waals surface area contributed by atoms with Gasteiger partial charge in [-0.1, -0.05) is 0 Å². The first-order chi connectivity index (χ1) is 9.15. The molecule has 1 N–H and O–H groups in total. The Morgan fingerprint density at radius 3 is 2.95 bits per heavy atom. The molecule has 0 fully saturated rings. The molecule has 0 saturated heterocycles. The van der Waals surface area contributed by atoms with E-state index in [0.29, 0.717) is 23.3 Å². The fourth-order valence-electron chi connectivity index (χ4n) is 1.64. The van der Waals surface area contributed by atoms with Crippen molar-refractivity contribution in [1.82, 2.24) is 5.32 Å². The van der Waals surface area contributed by atoms with Crippen molar-refractivity contribution in [2.45, 2.75) is 19.6 Å². The van der Waals surface area contributed by atoms with Crippen LogP contribution < -0.4 is 10.1 Å². The van der Waals surface area contributed by atoms with Crippen LogP contribution in [-0.2, 0) is 6.54 Å². The molecule has 1 aromatic carbocycles. The van der Waals surface area contributed by atoms with Crippen LogP contribution in [-0.4, -0.2) is 12.6 Å². The van der Waals surface area contributed by atoms with Crippen LogP contribution in [0.1, 0.15) is 12.7 Å². The first kappa shape index (κ1) is 14.1. The molecule has 0 radical (unpaired) electrons. The third-order valence-electron chi connectivity index (χ3n) is 2.53. The second kappa shape index (κ2) is 6.73. The number of ether oxygens (including phenoxy) is 1. The Morgan fingerprint density at radius 2 is 2.26 bits per heavy atom. The number of benzene rings is 1. The maximum Gasteiger partial charge on any atom is 0.134 e. The van der Waals surface area contributed by atoms with E-state index in [9.17, 15) is 4.39 Å². The summed E-state index contributed by atoms with van der Waals surface area (Å²) in [5.41, 5.74) is 0. The van der Waals surface area contributed by atoms with Crippen LogP contribution in [0.25, 0.3) is 0 Å². The highest BCUT2D eigenvalue weighted by atomic mass is 79.9. The zero-order valence-corrected chi connectivity index (χ0v) is 12.1. The molecule has 1 atom stereocenters. The van der Waals surface area contributed by atoms with Gasteiger partial charge in [0, 0.05) is 6.54 Å². The second-order valence-electron chi connectivity index (χ2n) is 4.21. The van der Waals surface area contributed by atoms with Crippen LogP contribution in [0.4, 0.5) is 4.39 Å². The predicted molar refractivity (Wildman–Crippen MR) is 74.6 cm³/mol. The Kier molecular flexibility index (Phi) is 4.99. The van der Waals surface area contributed by atoms with Gasteiger partial charge in [-0.3, -0.25) is 0 Å². The van der Waals surface area contributed by atoms with E-state index in [1.807, 2.05) is 19.1 Å². The van der Waals surface area contributed by atoms with Crippen molar-refractivity contribution in [3.05, 3.63) is 52.6 Å². The Bertz CT molecular complexity index is 516. The highest BCUT2D eigenvalue weighted by molar-refractivity contribution is 9.10. The normalized spacial score (nSPS) is 12.4. The lowest BCUT2D eigenvalue weighted by Crippen LogP contribution is -2.28. The van der Waals surface area contributed by atoms with Gasteiger partial charge < -0.3 is 14.5 Å². The van der Waals surface area contributed by atoms with Crippen molar-refractivity contribution in [3.8, 4) is 5.75 Å². The molecular formula is C14H15BrFNO2. The molecule has 2 rings (SSSR count). The smallest absolute Gasteiger partial charge is 0.134 e. The van der Waals surface area contributed by atoms with E-state index in [1.165, 1.54) is 12.1 Å². The molecule has 102 valence electrons. The summed E-state index contributed by atoms with van der Waals surface area (Å²) in [6.07, 6.45) is 1.61. The summed E-state index contributed by atoms with van der Waals surface area (Å²) >= 11 is 3.27. The summed E-state index contributed by atoms with van der Waals surface area (Å²) in [4.78, 5) is 0. The van der Waals surface area contributed by atoms with Gasteiger partial charge in [0.25, 0.3) is 0 Å². The molecule has 0 aliphatic heterocycles. The van der Waals surface area contributed by atoms with Crippen molar-refractivity contribution >= 4 is 15.9 Å². The van der Waals surface area contributed by atoms with Crippen molar-refractivity contribution in [2.24, 2.45) is 0 Å². The largest absolute Gasteiger partial charge is 0.488 e. The van der Waals surface area contributed by atoms with Crippen molar-refractivity contribution in [2.75, 3.05) is 6.54 Å². The number of furan rings is 1. The fraction of sp³-hybridized carbons (Fsp3) is 0.286. The van der Waals surface area contributed by atoms with Gasteiger partial charge in [0.2, 0.25) is 0 Å². The van der Waals surface area contributed by atoms with Crippen molar-refractivity contribution in [1.29, 1.82) is 0 Å². The molecule has 0 saturated carbocycles. The lowest BCUT2D eigenvalue weighted by Gasteiger charge is -2.16. The van der Waals surface area contributed by atoms with Crippen LogP contribution in [0.3, 0.4) is 0 Å². The first-order valence-electron chi connectivity index (χ1n) is 6.00. The minimum Gasteiger partial charge on any atom is -0.488 e. The van der Waals surface area contributed by atoms with Gasteiger partial charge in [0.05, 0.1) is 17.3 Å². The summed E-state index contributed by atoms with van der Waals surface area (Å²) in [6, 6.07) is 8.14. The molecule has 5 heteroatoms. The van der Waals surface area contributed by atoms with Gasteiger partial charge in [0.1, 0.15) is 23.4 Å². The third-order valence-corrected chi connectivity index (χ3v) is 3.15. The Morgan fingerprint density at radius 1 is 1.42 bits per heavy atom. The zero-order chi connectivity index (χ0) is 13.7. The van der Waals surface area contributed by atoms with Crippen LogP contribution in [0.15, 0.2) is 45.5 Å². The van der Waals surface area contributed by atoms with Crippen LogP contribution in [0, 0.1) is 5.82 Å². The van der Waals surface area contributed by atoms with E-state index < -0.39 is 0 Å². The summed E-state index contributed by atoms with van der Waals surface area (Å²) in [5.74, 6) is 1.23. The zero-order valence-electron chi connectivity index (χ0n) is 10.5. The Balaban J connectivity index is 1.79. The maximum atomic E-state index is 12.9. The molecule has 1 heterocycles. The van der Waals surface area contributed by atoms with E-state index in [4.69, 9.17) is 9.15 Å². The number of hydrogen-bond acceptors (Lipinski definition) is 3. The third kappa shape index (κ3) is 4.36. The highest BCUT2D eigenvalue weighted by Gasteiger charge is 2.08. The average molecular weight is 328 g/mol. The lowest BCUT2D eigenvalue weighted by atomic mass is 10.3. The summed E-state index contributed by atoms with van der Waals surface area (Å²) in [5, 5.41) is 3.23. The summed E-state index contributed by atoms with van der Waals surface area (Å²) < 4.78 is 24.5. The number of halogens is 2. The Labute approximate surface area is 119 Å². The number of hydrogen-bond donors (Lipinski definition) is 1. The molecule has 19 heavy (non-hydrogen) atoms. The molecule has 2 aromatic rings. The molecule has 0 spiro atoms. The molecular weight excluding hydrogens is 313 g/mol. The first-order valence-corrected chi connectivity index (χ1v) is 6.79. The van der Waals surface area contributed by atoms with E-state index in [2.05, 4.69) is 21.2 Å². The van der Waals surface area contributed by atoms with Gasteiger partial charge in [-0.15, -0.1) is 0 Å². The van der Waals surface area contributed by atoms with Crippen molar-refractivity contribution in [3.63, 3.8) is 0 Å². The molecule has 0 amide bonds. The van der Waals surface area contributed by atoms with Gasteiger partial charge >= 0.3 is 0 Å². The number of rotatable bonds is 6. The molecule has 3 nitrogen and oxygen atoms in total. The standard InChI is InChI=1S/C14H15BrFNO2/c1-10(8-17-9-12-3-2-6-18-12)19-14-5-4-11(16)7-13(14)15/h2-7,10,17H,8-9H2,1H3. The molecule has 0 aliphatic carbocycles. The van der Waals surface area contributed by atoms with E-state index >= 15 is 0 Å². The maximum absolute atomic E-state index is 12.9. The van der Waals surface area contributed by atoms with Crippen LogP contribution in [0.2, 0.25) is 0 Å². The predicted octanol–water partition coefficient (Wildman–Crippen LogP) is 3.74. The van der Waals surface area contributed by atoms with Crippen LogP contribution in [0.5, 0.6) is 5.75 Å². The molecule has 0 bridgehead atoms. The number of nitrogens with one attached hydrogen (secondary N) is 1. The van der Waals surface area contributed by atoms with Gasteiger partial charge in [-0.2, -0.15) is 0 Å². The minimum absolute atomic E-state index is 0.0308. The fourth-order valence-corrected chi connectivity index (χ4v) is 2.09. The van der Waals surface area contributed by atoms with E-state index in [1.54, 1.807) is 12.3 Å². The quantitative estimate of drug-likeness (QED) is 0.877. The minimum atomic E-state index is -0.289. The second-order valence-corrected chi connectivity index (χ2v) is 5.07. The van der Waals surface area contributed by atoms with Gasteiger partial charge in [-0.25, -0.2) is 4.39 Å². The van der Waals surface area contributed by atoms with Crippen LogP contribution >= 0.6 is 15.9 Å². The average Bonchev–Trinajstić information content (AvgIpc) is 2.86. The van der Waals surface area contributed by atoms with E-state index in [-0.39, 0.29) is 11.9 Å².